The quantitative estimate of drug-likeness (QED) is 0.687. The van der Waals surface area contributed by atoms with E-state index in [4.69, 9.17) is 15.6 Å². The van der Waals surface area contributed by atoms with Crippen LogP contribution in [-0.2, 0) is 14.8 Å². The number of anilines is 1. The summed E-state index contributed by atoms with van der Waals surface area (Å²) in [4.78, 5) is 15.2. The summed E-state index contributed by atoms with van der Waals surface area (Å²) >= 11 is 0. The van der Waals surface area contributed by atoms with Gasteiger partial charge in [-0.25, -0.2) is 13.6 Å². The van der Waals surface area contributed by atoms with Crippen LogP contribution in [0.3, 0.4) is 0 Å². The molecule has 34 heavy (non-hydrogen) atoms. The van der Waals surface area contributed by atoms with Gasteiger partial charge in [-0.1, -0.05) is 26.0 Å². The van der Waals surface area contributed by atoms with Gasteiger partial charge >= 0.3 is 0 Å². The molecule has 0 spiro atoms. The average molecular weight is 479 g/mol. The monoisotopic (exact) mass is 478 g/mol. The first kappa shape index (κ1) is 23.5. The van der Waals surface area contributed by atoms with Gasteiger partial charge in [-0.2, -0.15) is 5.26 Å². The molecule has 2 aromatic rings. The molecular formula is C25H26N4O4S. The van der Waals surface area contributed by atoms with Gasteiger partial charge in [0.15, 0.2) is 5.78 Å². The van der Waals surface area contributed by atoms with E-state index in [0.717, 1.165) is 5.56 Å². The van der Waals surface area contributed by atoms with E-state index in [0.29, 0.717) is 35.5 Å². The Labute approximate surface area is 199 Å². The van der Waals surface area contributed by atoms with Crippen molar-refractivity contribution < 1.29 is 17.9 Å². The van der Waals surface area contributed by atoms with Crippen LogP contribution in [0.1, 0.15) is 38.2 Å². The molecule has 9 heteroatoms. The number of ketones is 1. The first-order valence-electron chi connectivity index (χ1n) is 10.7. The molecule has 2 aliphatic rings. The molecule has 0 radical (unpaired) electrons. The standard InChI is InChI=1S/C25H26N4O4S/c1-25(2)12-20-23(21(30)13-25)22(15-4-8-17(33-3)9-5-15)19(14-26)24(27)29(20)16-6-10-18(11-7-16)34(28,31)32/h4-11,22H,12-13,27H2,1-3H3,(H2,28,31,32)/t22-/m0/s1. The summed E-state index contributed by atoms with van der Waals surface area (Å²) in [6, 6.07) is 15.4. The minimum Gasteiger partial charge on any atom is -0.497 e. The van der Waals surface area contributed by atoms with Crippen LogP contribution in [0.5, 0.6) is 5.75 Å². The molecule has 2 aromatic carbocycles. The lowest BCUT2D eigenvalue weighted by Gasteiger charge is -2.43. The third kappa shape index (κ3) is 4.06. The van der Waals surface area contributed by atoms with Gasteiger partial charge in [0.2, 0.25) is 10.0 Å². The minimum atomic E-state index is -3.87. The normalized spacial score (nSPS) is 20.1. The number of nitrogens with zero attached hydrogens (tertiary/aromatic N) is 2. The van der Waals surface area contributed by atoms with E-state index in [-0.39, 0.29) is 27.5 Å². The Morgan fingerprint density at radius 1 is 1.09 bits per heavy atom. The highest BCUT2D eigenvalue weighted by Gasteiger charge is 2.44. The molecule has 1 atom stereocenters. The number of hydrogen-bond acceptors (Lipinski definition) is 7. The number of methoxy groups -OCH3 is 1. The summed E-state index contributed by atoms with van der Waals surface area (Å²) in [5.74, 6) is 0.223. The van der Waals surface area contributed by atoms with Crippen molar-refractivity contribution in [1.29, 1.82) is 5.26 Å². The SMILES string of the molecule is COc1ccc([C@H]2C(C#N)=C(N)N(c3ccc(S(N)(=O)=O)cc3)C3=C2C(=O)CC(C)(C)C3)cc1. The van der Waals surface area contributed by atoms with E-state index in [1.807, 2.05) is 26.0 Å². The van der Waals surface area contributed by atoms with Crippen LogP contribution in [0.4, 0.5) is 5.69 Å². The Hall–Kier alpha value is -3.61. The number of nitriles is 1. The summed E-state index contributed by atoms with van der Waals surface area (Å²) in [6.07, 6.45) is 0.895. The summed E-state index contributed by atoms with van der Waals surface area (Å²) in [5, 5.41) is 15.4. The van der Waals surface area contributed by atoms with Crippen LogP contribution in [0.2, 0.25) is 0 Å². The smallest absolute Gasteiger partial charge is 0.238 e. The zero-order valence-corrected chi connectivity index (χ0v) is 20.0. The van der Waals surface area contributed by atoms with Gasteiger partial charge in [-0.15, -0.1) is 0 Å². The largest absolute Gasteiger partial charge is 0.497 e. The minimum absolute atomic E-state index is 0.0401. The van der Waals surface area contributed by atoms with Gasteiger partial charge in [-0.05, 0) is 53.8 Å². The summed E-state index contributed by atoms with van der Waals surface area (Å²) in [7, 11) is -2.30. The van der Waals surface area contributed by atoms with Crippen LogP contribution >= 0.6 is 0 Å². The van der Waals surface area contributed by atoms with Gasteiger partial charge in [0.1, 0.15) is 11.6 Å². The molecule has 4 N–H and O–H groups in total. The second-order valence-electron chi connectivity index (χ2n) is 9.29. The predicted molar refractivity (Wildman–Crippen MR) is 128 cm³/mol. The van der Waals surface area contributed by atoms with Crippen molar-refractivity contribution in [3.8, 4) is 11.8 Å². The number of rotatable bonds is 4. The topological polar surface area (TPSA) is 140 Å². The lowest BCUT2D eigenvalue weighted by atomic mass is 9.68. The van der Waals surface area contributed by atoms with Crippen molar-refractivity contribution in [1.82, 2.24) is 0 Å². The van der Waals surface area contributed by atoms with Crippen LogP contribution < -0.4 is 20.5 Å². The van der Waals surface area contributed by atoms with E-state index in [9.17, 15) is 18.5 Å². The Bertz CT molecular complexity index is 1370. The van der Waals surface area contributed by atoms with E-state index >= 15 is 0 Å². The molecular weight excluding hydrogens is 452 g/mol. The number of sulfonamides is 1. The van der Waals surface area contributed by atoms with Crippen LogP contribution in [-0.4, -0.2) is 21.3 Å². The zero-order chi connectivity index (χ0) is 24.8. The van der Waals surface area contributed by atoms with Crippen molar-refractivity contribution in [3.63, 3.8) is 0 Å². The number of primary sulfonamides is 1. The number of hydrogen-bond donors (Lipinski definition) is 2. The fourth-order valence-electron chi connectivity index (χ4n) is 4.72. The number of carbonyl (C=O) groups is 1. The molecule has 0 saturated carbocycles. The van der Waals surface area contributed by atoms with Gasteiger partial charge in [-0.3, -0.25) is 9.69 Å². The molecule has 0 aromatic heterocycles. The Kier molecular flexibility index (Phi) is 5.75. The molecule has 0 amide bonds. The fraction of sp³-hybridized carbons (Fsp3) is 0.280. The Morgan fingerprint density at radius 2 is 1.71 bits per heavy atom. The fourth-order valence-corrected chi connectivity index (χ4v) is 5.23. The number of carbonyl (C=O) groups excluding carboxylic acids is 1. The molecule has 1 heterocycles. The van der Waals surface area contributed by atoms with Crippen molar-refractivity contribution in [3.05, 3.63) is 76.8 Å². The van der Waals surface area contributed by atoms with E-state index in [1.54, 1.807) is 36.3 Å². The molecule has 176 valence electrons. The van der Waals surface area contributed by atoms with Gasteiger partial charge in [0.25, 0.3) is 0 Å². The third-order valence-electron chi connectivity index (χ3n) is 6.25. The lowest BCUT2D eigenvalue weighted by molar-refractivity contribution is -0.118. The highest BCUT2D eigenvalue weighted by molar-refractivity contribution is 7.89. The van der Waals surface area contributed by atoms with E-state index in [1.165, 1.54) is 12.1 Å². The van der Waals surface area contributed by atoms with Crippen LogP contribution in [0, 0.1) is 16.7 Å². The highest BCUT2D eigenvalue weighted by Crippen LogP contribution is 2.50. The molecule has 0 fully saturated rings. The molecule has 8 nitrogen and oxygen atoms in total. The van der Waals surface area contributed by atoms with Crippen LogP contribution in [0.25, 0.3) is 0 Å². The van der Waals surface area contributed by atoms with Gasteiger partial charge in [0.05, 0.1) is 29.6 Å². The third-order valence-corrected chi connectivity index (χ3v) is 7.18. The number of allylic oxidation sites excluding steroid dienone is 3. The molecule has 0 bridgehead atoms. The lowest BCUT2D eigenvalue weighted by Crippen LogP contribution is -2.42. The number of benzene rings is 2. The van der Waals surface area contributed by atoms with Gasteiger partial charge < -0.3 is 10.5 Å². The number of ether oxygens (including phenoxy) is 1. The maximum absolute atomic E-state index is 13.5. The van der Waals surface area contributed by atoms with Crippen LogP contribution in [0.15, 0.2) is 76.1 Å². The maximum atomic E-state index is 13.5. The van der Waals surface area contributed by atoms with E-state index in [2.05, 4.69) is 6.07 Å². The molecule has 1 aliphatic carbocycles. The molecule has 0 saturated heterocycles. The summed E-state index contributed by atoms with van der Waals surface area (Å²) in [5.41, 5.74) is 9.08. The Balaban J connectivity index is 1.94. The first-order chi connectivity index (χ1) is 16.0. The highest BCUT2D eigenvalue weighted by atomic mass is 32.2. The zero-order valence-electron chi connectivity index (χ0n) is 19.2. The molecule has 4 rings (SSSR count). The summed E-state index contributed by atoms with van der Waals surface area (Å²) < 4.78 is 28.7. The predicted octanol–water partition coefficient (Wildman–Crippen LogP) is 3.28. The first-order valence-corrected chi connectivity index (χ1v) is 12.2. The molecule has 0 unspecified atom stereocenters. The number of nitrogens with two attached hydrogens (primary N) is 2. The second kappa shape index (κ2) is 8.31. The van der Waals surface area contributed by atoms with Crippen molar-refractivity contribution in [2.24, 2.45) is 16.3 Å². The molecule has 1 aliphatic heterocycles. The Morgan fingerprint density at radius 3 is 2.24 bits per heavy atom. The second-order valence-corrected chi connectivity index (χ2v) is 10.9. The maximum Gasteiger partial charge on any atom is 0.238 e. The van der Waals surface area contributed by atoms with Crippen molar-refractivity contribution in [2.75, 3.05) is 12.0 Å². The van der Waals surface area contributed by atoms with Crippen molar-refractivity contribution in [2.45, 2.75) is 37.5 Å². The number of Topliss-reactive ketones (excluding diaryl/α,β-unsaturated/α-hetero) is 1. The summed E-state index contributed by atoms with van der Waals surface area (Å²) in [6.45, 7) is 4.03. The van der Waals surface area contributed by atoms with E-state index < -0.39 is 15.9 Å². The average Bonchev–Trinajstić information content (AvgIpc) is 2.77. The van der Waals surface area contributed by atoms with Crippen molar-refractivity contribution >= 4 is 21.5 Å². The van der Waals surface area contributed by atoms with Gasteiger partial charge in [0, 0.05) is 23.4 Å².